The van der Waals surface area contributed by atoms with E-state index in [1.165, 1.54) is 43.3 Å². The second-order valence-corrected chi connectivity index (χ2v) is 9.97. The van der Waals surface area contributed by atoms with E-state index in [2.05, 4.69) is 10.6 Å². The molecular weight excluding hydrogens is 466 g/mol. The first-order valence-corrected chi connectivity index (χ1v) is 12.4. The Bertz CT molecular complexity index is 1090. The molecule has 2 aromatic rings. The van der Waals surface area contributed by atoms with Crippen LogP contribution < -0.4 is 14.8 Å². The number of nitrogens with zero attached hydrogens (tertiary/aromatic N) is 1. The van der Waals surface area contributed by atoms with Gasteiger partial charge >= 0.3 is 16.1 Å². The van der Waals surface area contributed by atoms with Crippen molar-refractivity contribution >= 4 is 39.3 Å². The topological polar surface area (TPSA) is 105 Å². The number of amides is 3. The minimum atomic E-state index is -4.17. The molecule has 180 valence electrons. The number of halogens is 1. The van der Waals surface area contributed by atoms with E-state index in [0.717, 1.165) is 0 Å². The molecule has 0 aliphatic rings. The molecule has 0 heterocycles. The van der Waals surface area contributed by atoms with E-state index in [1.807, 2.05) is 27.7 Å². The molecule has 0 bridgehead atoms. The highest BCUT2D eigenvalue weighted by atomic mass is 35.5. The number of nitrogens with one attached hydrogen (secondary N) is 2. The summed E-state index contributed by atoms with van der Waals surface area (Å²) in [6.45, 7) is 9.08. The molecule has 1 unspecified atom stereocenters. The second kappa shape index (κ2) is 11.4. The monoisotopic (exact) mass is 495 g/mol. The molecule has 0 saturated carbocycles. The van der Waals surface area contributed by atoms with Gasteiger partial charge in [0.2, 0.25) is 5.91 Å². The maximum Gasteiger partial charge on any atom is 0.339 e. The Kier molecular flexibility index (Phi) is 9.13. The van der Waals surface area contributed by atoms with Crippen molar-refractivity contribution in [2.24, 2.45) is 0 Å². The quantitative estimate of drug-likeness (QED) is 0.487. The Balaban J connectivity index is 2.34. The van der Waals surface area contributed by atoms with Crippen LogP contribution in [0.3, 0.4) is 0 Å². The van der Waals surface area contributed by atoms with E-state index in [-0.39, 0.29) is 41.2 Å². The number of rotatable bonds is 9. The van der Waals surface area contributed by atoms with Crippen LogP contribution in [0.25, 0.3) is 0 Å². The fraction of sp³-hybridized carbons (Fsp3) is 0.391. The first-order chi connectivity index (χ1) is 15.4. The van der Waals surface area contributed by atoms with Gasteiger partial charge in [0, 0.05) is 35.3 Å². The molecule has 0 aliphatic carbocycles. The van der Waals surface area contributed by atoms with Crippen molar-refractivity contribution in [3.8, 4) is 5.75 Å². The lowest BCUT2D eigenvalue weighted by atomic mass is 10.1. The summed E-state index contributed by atoms with van der Waals surface area (Å²) < 4.78 is 31.2. The van der Waals surface area contributed by atoms with Crippen LogP contribution in [0.15, 0.2) is 47.4 Å². The summed E-state index contributed by atoms with van der Waals surface area (Å²) in [7, 11) is -4.17. The summed E-state index contributed by atoms with van der Waals surface area (Å²) in [4.78, 5) is 25.5. The molecule has 2 N–H and O–H groups in total. The molecule has 10 heteroatoms. The normalized spacial score (nSPS) is 12.2. The van der Waals surface area contributed by atoms with Crippen molar-refractivity contribution in [2.45, 2.75) is 64.6 Å². The highest BCUT2D eigenvalue weighted by Crippen LogP contribution is 2.28. The minimum Gasteiger partial charge on any atom is -0.379 e. The van der Waals surface area contributed by atoms with Gasteiger partial charge in [-0.1, -0.05) is 18.5 Å². The predicted molar refractivity (Wildman–Crippen MR) is 129 cm³/mol. The molecule has 1 atom stereocenters. The molecule has 2 rings (SSSR count). The Hall–Kier alpha value is -2.78. The Morgan fingerprint density at radius 3 is 2.27 bits per heavy atom. The van der Waals surface area contributed by atoms with E-state index in [1.54, 1.807) is 11.0 Å². The molecule has 8 nitrogen and oxygen atoms in total. The van der Waals surface area contributed by atoms with E-state index < -0.39 is 10.1 Å². The van der Waals surface area contributed by atoms with Crippen LogP contribution >= 0.6 is 11.6 Å². The SMILES string of the molecule is CCC(C)N(Cc1cc(Cl)ccc1OS(=O)(=O)c1ccc(NC(C)=O)cc1)C(=O)NC(C)C. The number of carbonyl (C=O) groups is 2. The molecule has 0 fully saturated rings. The van der Waals surface area contributed by atoms with Gasteiger partial charge in [0.05, 0.1) is 6.54 Å². The van der Waals surface area contributed by atoms with Gasteiger partial charge < -0.3 is 19.7 Å². The second-order valence-electron chi connectivity index (χ2n) is 7.98. The van der Waals surface area contributed by atoms with E-state index in [4.69, 9.17) is 15.8 Å². The van der Waals surface area contributed by atoms with Gasteiger partial charge in [-0.05, 0) is 69.7 Å². The van der Waals surface area contributed by atoms with E-state index in [0.29, 0.717) is 22.7 Å². The number of hydrogen-bond acceptors (Lipinski definition) is 5. The van der Waals surface area contributed by atoms with Crippen LogP contribution in [0.2, 0.25) is 5.02 Å². The molecular formula is C23H30ClN3O5S. The van der Waals surface area contributed by atoms with Gasteiger partial charge in [-0.2, -0.15) is 8.42 Å². The van der Waals surface area contributed by atoms with Gasteiger partial charge in [0.15, 0.2) is 0 Å². The summed E-state index contributed by atoms with van der Waals surface area (Å²) in [6.07, 6.45) is 0.710. The third-order valence-electron chi connectivity index (χ3n) is 4.82. The first-order valence-electron chi connectivity index (χ1n) is 10.6. The summed E-state index contributed by atoms with van der Waals surface area (Å²) in [5.74, 6) is -0.184. The van der Waals surface area contributed by atoms with Crippen LogP contribution in [-0.4, -0.2) is 37.3 Å². The average Bonchev–Trinajstić information content (AvgIpc) is 2.72. The molecule has 0 spiro atoms. The number of benzene rings is 2. The maximum atomic E-state index is 12.9. The lowest BCUT2D eigenvalue weighted by molar-refractivity contribution is -0.114. The van der Waals surface area contributed by atoms with Crippen molar-refractivity contribution in [3.63, 3.8) is 0 Å². The van der Waals surface area contributed by atoms with Gasteiger partial charge in [-0.25, -0.2) is 4.79 Å². The molecule has 0 aromatic heterocycles. The maximum absolute atomic E-state index is 12.9. The molecule has 33 heavy (non-hydrogen) atoms. The summed E-state index contributed by atoms with van der Waals surface area (Å²) in [5.41, 5.74) is 0.925. The zero-order valence-corrected chi connectivity index (χ0v) is 21.0. The van der Waals surface area contributed by atoms with E-state index in [9.17, 15) is 18.0 Å². The fourth-order valence-electron chi connectivity index (χ4n) is 2.99. The Labute approximate surface area is 200 Å². The Morgan fingerprint density at radius 1 is 1.09 bits per heavy atom. The highest BCUT2D eigenvalue weighted by Gasteiger charge is 2.24. The predicted octanol–water partition coefficient (Wildman–Crippen LogP) is 4.78. The molecule has 3 amide bonds. The third-order valence-corrected chi connectivity index (χ3v) is 6.31. The van der Waals surface area contributed by atoms with Gasteiger partial charge in [-0.15, -0.1) is 0 Å². The van der Waals surface area contributed by atoms with Crippen molar-refractivity contribution in [1.82, 2.24) is 10.2 Å². The van der Waals surface area contributed by atoms with Gasteiger partial charge in [-0.3, -0.25) is 4.79 Å². The van der Waals surface area contributed by atoms with E-state index >= 15 is 0 Å². The summed E-state index contributed by atoms with van der Waals surface area (Å²) >= 11 is 6.17. The fourth-order valence-corrected chi connectivity index (χ4v) is 4.15. The molecule has 0 aliphatic heterocycles. The number of urea groups is 1. The summed E-state index contributed by atoms with van der Waals surface area (Å²) in [5, 5.41) is 5.84. The first kappa shape index (κ1) is 26.5. The molecule has 2 aromatic carbocycles. The van der Waals surface area contributed by atoms with Gasteiger partial charge in [0.1, 0.15) is 10.6 Å². The van der Waals surface area contributed by atoms with Crippen LogP contribution in [0.1, 0.15) is 46.6 Å². The van der Waals surface area contributed by atoms with Gasteiger partial charge in [0.25, 0.3) is 0 Å². The zero-order chi connectivity index (χ0) is 24.8. The van der Waals surface area contributed by atoms with Crippen LogP contribution in [0, 0.1) is 0 Å². The Morgan fingerprint density at radius 2 is 1.73 bits per heavy atom. The average molecular weight is 496 g/mol. The molecule has 0 radical (unpaired) electrons. The van der Waals surface area contributed by atoms with Crippen molar-refractivity contribution < 1.29 is 22.2 Å². The van der Waals surface area contributed by atoms with Crippen molar-refractivity contribution in [3.05, 3.63) is 53.1 Å². The lowest BCUT2D eigenvalue weighted by Crippen LogP contribution is -2.46. The largest absolute Gasteiger partial charge is 0.379 e. The highest BCUT2D eigenvalue weighted by molar-refractivity contribution is 7.87. The standard InChI is InChI=1S/C23H30ClN3O5S/c1-6-16(4)27(23(29)25-15(2)3)14-18-13-19(24)7-12-22(18)32-33(30,31)21-10-8-20(9-11-21)26-17(5)28/h7-13,15-16H,6,14H2,1-5H3,(H,25,29)(H,26,28). The number of hydrogen-bond donors (Lipinski definition) is 2. The third kappa shape index (κ3) is 7.64. The van der Waals surface area contributed by atoms with Crippen LogP contribution in [0.5, 0.6) is 5.75 Å². The summed E-state index contributed by atoms with van der Waals surface area (Å²) in [6, 6.07) is 9.80. The molecule has 0 saturated heterocycles. The van der Waals surface area contributed by atoms with Crippen molar-refractivity contribution in [2.75, 3.05) is 5.32 Å². The van der Waals surface area contributed by atoms with Crippen LogP contribution in [0.4, 0.5) is 10.5 Å². The number of carbonyl (C=O) groups excluding carboxylic acids is 2. The van der Waals surface area contributed by atoms with Crippen LogP contribution in [-0.2, 0) is 21.5 Å². The zero-order valence-electron chi connectivity index (χ0n) is 19.4. The van der Waals surface area contributed by atoms with Crippen molar-refractivity contribution in [1.29, 1.82) is 0 Å². The lowest BCUT2D eigenvalue weighted by Gasteiger charge is -2.30. The number of anilines is 1. The smallest absolute Gasteiger partial charge is 0.339 e. The minimum absolute atomic E-state index is 0.0556.